The van der Waals surface area contributed by atoms with Crippen LogP contribution in [0.3, 0.4) is 0 Å². The Bertz CT molecular complexity index is 990. The second-order valence-corrected chi connectivity index (χ2v) is 7.90. The van der Waals surface area contributed by atoms with Crippen LogP contribution in [0, 0.1) is 0 Å². The zero-order valence-electron chi connectivity index (χ0n) is 15.8. The Balaban J connectivity index is 1.69. The molecule has 29 heavy (non-hydrogen) atoms. The predicted molar refractivity (Wildman–Crippen MR) is 115 cm³/mol. The van der Waals surface area contributed by atoms with Crippen LogP contribution in [0.2, 0.25) is 5.02 Å². The maximum absolute atomic E-state index is 12.7. The molecule has 1 atom stereocenters. The molecule has 1 heterocycles. The summed E-state index contributed by atoms with van der Waals surface area (Å²) in [5.41, 5.74) is 0.829. The first-order valence-corrected chi connectivity index (χ1v) is 9.98. The van der Waals surface area contributed by atoms with Crippen LogP contribution >= 0.6 is 23.4 Å². The first-order chi connectivity index (χ1) is 14.0. The van der Waals surface area contributed by atoms with Crippen LogP contribution in [0.25, 0.3) is 0 Å². The lowest BCUT2D eigenvalue weighted by Crippen LogP contribution is -2.23. The van der Waals surface area contributed by atoms with Crippen molar-refractivity contribution in [3.05, 3.63) is 71.6 Å². The first kappa shape index (κ1) is 20.8. The van der Waals surface area contributed by atoms with E-state index in [1.54, 1.807) is 44.4 Å². The van der Waals surface area contributed by atoms with Gasteiger partial charge < -0.3 is 19.8 Å². The van der Waals surface area contributed by atoms with Crippen molar-refractivity contribution in [2.24, 2.45) is 0 Å². The van der Waals surface area contributed by atoms with Gasteiger partial charge in [0.15, 0.2) is 5.76 Å². The number of halogens is 1. The molecular formula is C21H19ClN2O4S. The topological polar surface area (TPSA) is 80.6 Å². The van der Waals surface area contributed by atoms with E-state index in [0.29, 0.717) is 16.4 Å². The van der Waals surface area contributed by atoms with Gasteiger partial charge in [0.2, 0.25) is 5.91 Å². The largest absolute Gasteiger partial charge is 0.497 e. The highest BCUT2D eigenvalue weighted by Gasteiger charge is 2.18. The van der Waals surface area contributed by atoms with E-state index in [9.17, 15) is 9.59 Å². The molecule has 1 aromatic heterocycles. The zero-order chi connectivity index (χ0) is 20.8. The number of anilines is 2. The summed E-state index contributed by atoms with van der Waals surface area (Å²) < 4.78 is 10.2. The SMILES string of the molecule is COc1ccc(SC(C)C(=O)Nc2ccc(Cl)cc2NC(=O)c2ccco2)cc1. The standard InChI is InChI=1S/C21H19ClN2O4S/c1-13(29-16-8-6-15(27-2)7-9-16)20(25)23-17-10-5-14(22)12-18(17)24-21(26)19-4-3-11-28-19/h3-13H,1-2H3,(H,23,25)(H,24,26). The third kappa shape index (κ3) is 5.56. The van der Waals surface area contributed by atoms with Crippen molar-refractivity contribution in [1.82, 2.24) is 0 Å². The number of hydrogen-bond acceptors (Lipinski definition) is 5. The minimum atomic E-state index is -0.437. The first-order valence-electron chi connectivity index (χ1n) is 8.72. The number of carbonyl (C=O) groups excluding carboxylic acids is 2. The number of rotatable bonds is 7. The molecule has 150 valence electrons. The summed E-state index contributed by atoms with van der Waals surface area (Å²) in [4.78, 5) is 25.9. The Morgan fingerprint density at radius 3 is 2.48 bits per heavy atom. The number of amides is 2. The molecule has 2 amide bonds. The lowest BCUT2D eigenvalue weighted by molar-refractivity contribution is -0.115. The lowest BCUT2D eigenvalue weighted by atomic mass is 10.2. The van der Waals surface area contributed by atoms with E-state index in [4.69, 9.17) is 20.8 Å². The van der Waals surface area contributed by atoms with Gasteiger partial charge in [0, 0.05) is 9.92 Å². The number of methoxy groups -OCH3 is 1. The van der Waals surface area contributed by atoms with Crippen molar-refractivity contribution in [2.45, 2.75) is 17.1 Å². The average molecular weight is 431 g/mol. The normalized spacial score (nSPS) is 11.6. The van der Waals surface area contributed by atoms with Gasteiger partial charge in [-0.3, -0.25) is 9.59 Å². The number of benzene rings is 2. The fraction of sp³-hybridized carbons (Fsp3) is 0.143. The highest BCUT2D eigenvalue weighted by Crippen LogP contribution is 2.29. The minimum absolute atomic E-state index is 0.158. The number of ether oxygens (including phenoxy) is 1. The highest BCUT2D eigenvalue weighted by atomic mass is 35.5. The molecule has 0 saturated carbocycles. The van der Waals surface area contributed by atoms with E-state index >= 15 is 0 Å². The molecule has 8 heteroatoms. The van der Waals surface area contributed by atoms with Gasteiger partial charge >= 0.3 is 0 Å². The summed E-state index contributed by atoms with van der Waals surface area (Å²) in [6, 6.07) is 15.5. The zero-order valence-corrected chi connectivity index (χ0v) is 17.3. The minimum Gasteiger partial charge on any atom is -0.497 e. The second kappa shape index (κ2) is 9.54. The monoisotopic (exact) mass is 430 g/mol. The molecule has 0 aliphatic heterocycles. The summed E-state index contributed by atoms with van der Waals surface area (Å²) in [7, 11) is 1.60. The molecule has 6 nitrogen and oxygen atoms in total. The predicted octanol–water partition coefficient (Wildman–Crippen LogP) is 5.31. The summed E-state index contributed by atoms with van der Waals surface area (Å²) in [6.45, 7) is 1.81. The fourth-order valence-corrected chi connectivity index (χ4v) is 3.51. The maximum Gasteiger partial charge on any atom is 0.291 e. The molecule has 0 spiro atoms. The van der Waals surface area contributed by atoms with Gasteiger partial charge in [-0.1, -0.05) is 11.6 Å². The lowest BCUT2D eigenvalue weighted by Gasteiger charge is -2.15. The molecule has 3 rings (SSSR count). The number of nitrogens with one attached hydrogen (secondary N) is 2. The molecule has 0 aliphatic rings. The molecule has 0 aliphatic carbocycles. The van der Waals surface area contributed by atoms with Crippen molar-refractivity contribution < 1.29 is 18.7 Å². The second-order valence-electron chi connectivity index (χ2n) is 6.05. The van der Waals surface area contributed by atoms with Crippen LogP contribution in [-0.4, -0.2) is 24.2 Å². The van der Waals surface area contributed by atoms with Crippen LogP contribution in [0.4, 0.5) is 11.4 Å². The van der Waals surface area contributed by atoms with E-state index < -0.39 is 5.91 Å². The summed E-state index contributed by atoms with van der Waals surface area (Å²) in [5, 5.41) is 5.61. The summed E-state index contributed by atoms with van der Waals surface area (Å²) in [5.74, 6) is 0.269. The molecule has 2 N–H and O–H groups in total. The van der Waals surface area contributed by atoms with Gasteiger partial charge in [0.25, 0.3) is 5.91 Å². The maximum atomic E-state index is 12.7. The van der Waals surface area contributed by atoms with Crippen LogP contribution in [-0.2, 0) is 4.79 Å². The van der Waals surface area contributed by atoms with Crippen LogP contribution in [0.5, 0.6) is 5.75 Å². The third-order valence-electron chi connectivity index (χ3n) is 3.97. The average Bonchev–Trinajstić information content (AvgIpc) is 3.25. The fourth-order valence-electron chi connectivity index (χ4n) is 2.47. The smallest absolute Gasteiger partial charge is 0.291 e. The van der Waals surface area contributed by atoms with E-state index in [2.05, 4.69) is 10.6 Å². The van der Waals surface area contributed by atoms with Gasteiger partial charge in [-0.25, -0.2) is 0 Å². The van der Waals surface area contributed by atoms with E-state index in [0.717, 1.165) is 10.6 Å². The van der Waals surface area contributed by atoms with Gasteiger partial charge in [0.1, 0.15) is 5.75 Å². The summed E-state index contributed by atoms with van der Waals surface area (Å²) in [6.07, 6.45) is 1.41. The van der Waals surface area contributed by atoms with Crippen molar-refractivity contribution in [2.75, 3.05) is 17.7 Å². The Morgan fingerprint density at radius 1 is 1.07 bits per heavy atom. The van der Waals surface area contributed by atoms with Gasteiger partial charge in [-0.2, -0.15) is 0 Å². The summed E-state index contributed by atoms with van der Waals surface area (Å²) >= 11 is 7.47. The van der Waals surface area contributed by atoms with E-state index in [-0.39, 0.29) is 16.9 Å². The number of hydrogen-bond donors (Lipinski definition) is 2. The van der Waals surface area contributed by atoms with Gasteiger partial charge in [-0.15, -0.1) is 11.8 Å². The quantitative estimate of drug-likeness (QED) is 0.496. The molecular weight excluding hydrogens is 412 g/mol. The molecule has 3 aromatic rings. The van der Waals surface area contributed by atoms with Crippen molar-refractivity contribution in [3.63, 3.8) is 0 Å². The Kier molecular flexibility index (Phi) is 6.85. The molecule has 0 saturated heterocycles. The molecule has 0 bridgehead atoms. The van der Waals surface area contributed by atoms with Gasteiger partial charge in [0.05, 0.1) is 30.0 Å². The molecule has 0 fully saturated rings. The van der Waals surface area contributed by atoms with Crippen LogP contribution < -0.4 is 15.4 Å². The van der Waals surface area contributed by atoms with E-state index in [1.807, 2.05) is 24.3 Å². The van der Waals surface area contributed by atoms with Crippen molar-refractivity contribution in [1.29, 1.82) is 0 Å². The van der Waals surface area contributed by atoms with Crippen LogP contribution in [0.15, 0.2) is 70.2 Å². The van der Waals surface area contributed by atoms with Gasteiger partial charge in [-0.05, 0) is 61.5 Å². The van der Waals surface area contributed by atoms with E-state index in [1.165, 1.54) is 18.0 Å². The van der Waals surface area contributed by atoms with Crippen LogP contribution in [0.1, 0.15) is 17.5 Å². The molecule has 1 unspecified atom stereocenters. The Labute approximate surface area is 177 Å². The highest BCUT2D eigenvalue weighted by molar-refractivity contribution is 8.00. The third-order valence-corrected chi connectivity index (χ3v) is 5.32. The number of carbonyl (C=O) groups is 2. The Hall–Kier alpha value is -2.90. The van der Waals surface area contributed by atoms with Crippen molar-refractivity contribution in [3.8, 4) is 5.75 Å². The number of thioether (sulfide) groups is 1. The molecule has 2 aromatic carbocycles. The number of furan rings is 1. The Morgan fingerprint density at radius 2 is 1.83 bits per heavy atom. The molecule has 0 radical (unpaired) electrons. The van der Waals surface area contributed by atoms with Crippen molar-refractivity contribution >= 4 is 46.6 Å².